The van der Waals surface area contributed by atoms with Crippen molar-refractivity contribution in [3.05, 3.63) is 17.5 Å². The fraction of sp³-hybridized carbons (Fsp3) is 0.375. The van der Waals surface area contributed by atoms with Gasteiger partial charge in [0.25, 0.3) is 0 Å². The Bertz CT molecular complexity index is 356. The van der Waals surface area contributed by atoms with Gasteiger partial charge in [-0.25, -0.2) is 15.0 Å². The summed E-state index contributed by atoms with van der Waals surface area (Å²) < 4.78 is 1.09. The first kappa shape index (κ1) is 9.06. The number of nitrogens with zero attached hydrogens (tertiary/aromatic N) is 3. The zero-order valence-corrected chi connectivity index (χ0v) is 8.22. The largest absolute Gasteiger partial charge is 0.240 e. The zero-order chi connectivity index (χ0) is 8.97. The van der Waals surface area contributed by atoms with Crippen LogP contribution in [0.25, 0.3) is 10.3 Å². The molecule has 0 bridgehead atoms. The lowest BCUT2D eigenvalue weighted by Crippen LogP contribution is -1.82. The molecule has 0 saturated carbocycles. The molecule has 2 heterocycles. The highest BCUT2D eigenvalue weighted by atomic mass is 32.1. The fourth-order valence-corrected chi connectivity index (χ4v) is 1.50. The molecule has 0 aliphatic heterocycles. The average Bonchev–Trinajstić information content (AvgIpc) is 2.57. The molecule has 0 radical (unpaired) electrons. The highest BCUT2D eigenvalue weighted by molar-refractivity contribution is 7.16. The van der Waals surface area contributed by atoms with Crippen LogP contribution in [0.2, 0.25) is 0 Å². The van der Waals surface area contributed by atoms with Crippen molar-refractivity contribution < 1.29 is 0 Å². The molecule has 2 rings (SSSR count). The van der Waals surface area contributed by atoms with Crippen LogP contribution in [-0.2, 0) is 0 Å². The van der Waals surface area contributed by atoms with Crippen LogP contribution in [0.4, 0.5) is 0 Å². The van der Waals surface area contributed by atoms with Gasteiger partial charge < -0.3 is 0 Å². The Kier molecular flexibility index (Phi) is 3.10. The third kappa shape index (κ3) is 1.58. The Hall–Kier alpha value is -1.03. The van der Waals surface area contributed by atoms with Gasteiger partial charge in [-0.15, -0.1) is 11.3 Å². The smallest absolute Gasteiger partial charge is 0.173 e. The maximum absolute atomic E-state index is 4.05. The van der Waals surface area contributed by atoms with Crippen molar-refractivity contribution in [1.29, 1.82) is 0 Å². The number of rotatable bonds is 0. The van der Waals surface area contributed by atoms with Crippen molar-refractivity contribution in [2.75, 3.05) is 0 Å². The quantitative estimate of drug-likeness (QED) is 0.626. The first-order chi connectivity index (χ1) is 5.88. The summed E-state index contributed by atoms with van der Waals surface area (Å²) in [7, 11) is 0. The van der Waals surface area contributed by atoms with Gasteiger partial charge >= 0.3 is 0 Å². The lowest BCUT2D eigenvalue weighted by molar-refractivity contribution is 1.14. The molecule has 12 heavy (non-hydrogen) atoms. The summed E-state index contributed by atoms with van der Waals surface area (Å²) in [4.78, 5) is 12.1. The van der Waals surface area contributed by atoms with Gasteiger partial charge in [0, 0.05) is 0 Å². The summed E-state index contributed by atoms with van der Waals surface area (Å²) in [6.45, 7) is 5.96. The lowest BCUT2D eigenvalue weighted by Gasteiger charge is -1.88. The van der Waals surface area contributed by atoms with E-state index in [1.54, 1.807) is 16.8 Å². The van der Waals surface area contributed by atoms with Crippen LogP contribution in [0.15, 0.2) is 11.8 Å². The molecule has 2 aromatic heterocycles. The van der Waals surface area contributed by atoms with E-state index in [0.29, 0.717) is 0 Å². The van der Waals surface area contributed by atoms with Crippen LogP contribution in [0.3, 0.4) is 0 Å². The first-order valence-corrected chi connectivity index (χ1v) is 4.76. The summed E-state index contributed by atoms with van der Waals surface area (Å²) in [5.41, 5.74) is 3.59. The van der Waals surface area contributed by atoms with Gasteiger partial charge in [0.05, 0.1) is 15.9 Å². The van der Waals surface area contributed by atoms with E-state index in [1.807, 2.05) is 20.8 Å². The number of thiazole rings is 1. The Morgan fingerprint density at radius 1 is 1.17 bits per heavy atom. The predicted octanol–water partition coefficient (Wildman–Crippen LogP) is 2.42. The number of aryl methyl sites for hydroxylation is 1. The minimum Gasteiger partial charge on any atom is -0.240 e. The molecule has 64 valence electrons. The van der Waals surface area contributed by atoms with Crippen molar-refractivity contribution in [2.45, 2.75) is 20.8 Å². The topological polar surface area (TPSA) is 38.7 Å². The number of hydrogen-bond donors (Lipinski definition) is 0. The van der Waals surface area contributed by atoms with Gasteiger partial charge in [0.2, 0.25) is 0 Å². The standard InChI is InChI=1S/C6H5N3S.C2H6/c1-4-5-6(8-2-7-4)9-3-10-5;1-2/h2-3H,1H3;1-2H3. The molecule has 4 heteroatoms. The molecule has 0 spiro atoms. The molecule has 0 atom stereocenters. The van der Waals surface area contributed by atoms with E-state index >= 15 is 0 Å². The molecule has 0 N–H and O–H groups in total. The van der Waals surface area contributed by atoms with Crippen molar-refractivity contribution in [3.8, 4) is 0 Å². The van der Waals surface area contributed by atoms with Crippen LogP contribution >= 0.6 is 11.3 Å². The van der Waals surface area contributed by atoms with Crippen molar-refractivity contribution in [2.24, 2.45) is 0 Å². The maximum atomic E-state index is 4.05. The molecule has 0 fully saturated rings. The van der Waals surface area contributed by atoms with E-state index in [9.17, 15) is 0 Å². The van der Waals surface area contributed by atoms with E-state index in [1.165, 1.54) is 6.33 Å². The van der Waals surface area contributed by atoms with Crippen LogP contribution in [-0.4, -0.2) is 15.0 Å². The molecule has 0 saturated heterocycles. The Morgan fingerprint density at radius 2 is 1.92 bits per heavy atom. The monoisotopic (exact) mass is 181 g/mol. The SMILES string of the molecule is CC.Cc1ncnc2ncsc12. The van der Waals surface area contributed by atoms with E-state index < -0.39 is 0 Å². The zero-order valence-electron chi connectivity index (χ0n) is 7.40. The second kappa shape index (κ2) is 4.11. The molecular weight excluding hydrogens is 170 g/mol. The van der Waals surface area contributed by atoms with Gasteiger partial charge in [-0.3, -0.25) is 0 Å². The summed E-state index contributed by atoms with van der Waals surface area (Å²) in [5.74, 6) is 0. The van der Waals surface area contributed by atoms with Gasteiger partial charge in [-0.2, -0.15) is 0 Å². The van der Waals surface area contributed by atoms with Crippen molar-refractivity contribution in [1.82, 2.24) is 15.0 Å². The van der Waals surface area contributed by atoms with Crippen LogP contribution < -0.4 is 0 Å². The molecule has 3 nitrogen and oxygen atoms in total. The van der Waals surface area contributed by atoms with Gasteiger partial charge in [-0.1, -0.05) is 13.8 Å². The number of aromatic nitrogens is 3. The average molecular weight is 181 g/mol. The lowest BCUT2D eigenvalue weighted by atomic mass is 10.4. The number of hydrogen-bond acceptors (Lipinski definition) is 4. The Labute approximate surface area is 75.5 Å². The van der Waals surface area contributed by atoms with Gasteiger partial charge in [-0.05, 0) is 6.92 Å². The summed E-state index contributed by atoms with van der Waals surface area (Å²) in [5, 5.41) is 0. The second-order valence-electron chi connectivity index (χ2n) is 1.96. The highest BCUT2D eigenvalue weighted by Gasteiger charge is 1.99. The minimum absolute atomic E-state index is 0.803. The molecular formula is C8H11N3S. The molecule has 2 aromatic rings. The minimum atomic E-state index is 0.803. The molecule has 0 unspecified atom stereocenters. The summed E-state index contributed by atoms with van der Waals surface area (Å²) in [6, 6.07) is 0. The molecule has 0 aliphatic carbocycles. The third-order valence-corrected chi connectivity index (χ3v) is 2.23. The van der Waals surface area contributed by atoms with E-state index in [-0.39, 0.29) is 0 Å². The van der Waals surface area contributed by atoms with E-state index in [0.717, 1.165) is 16.0 Å². The first-order valence-electron chi connectivity index (χ1n) is 3.89. The normalized spacial score (nSPS) is 9.25. The third-order valence-electron chi connectivity index (χ3n) is 1.31. The molecule has 0 amide bonds. The molecule has 0 aromatic carbocycles. The highest BCUT2D eigenvalue weighted by Crippen LogP contribution is 2.16. The summed E-state index contributed by atoms with van der Waals surface area (Å²) in [6.07, 6.45) is 1.54. The van der Waals surface area contributed by atoms with Crippen LogP contribution in [0.1, 0.15) is 19.5 Å². The Morgan fingerprint density at radius 3 is 2.58 bits per heavy atom. The van der Waals surface area contributed by atoms with Gasteiger partial charge in [0.15, 0.2) is 5.65 Å². The summed E-state index contributed by atoms with van der Waals surface area (Å²) >= 11 is 1.58. The van der Waals surface area contributed by atoms with Crippen LogP contribution in [0.5, 0.6) is 0 Å². The van der Waals surface area contributed by atoms with Gasteiger partial charge in [0.1, 0.15) is 6.33 Å². The van der Waals surface area contributed by atoms with Crippen LogP contribution in [0, 0.1) is 6.92 Å². The maximum Gasteiger partial charge on any atom is 0.173 e. The predicted molar refractivity (Wildman–Crippen MR) is 51.3 cm³/mol. The van der Waals surface area contributed by atoms with Crippen molar-refractivity contribution in [3.63, 3.8) is 0 Å². The van der Waals surface area contributed by atoms with E-state index in [4.69, 9.17) is 0 Å². The van der Waals surface area contributed by atoms with E-state index in [2.05, 4.69) is 15.0 Å². The fourth-order valence-electron chi connectivity index (χ4n) is 0.808. The Balaban J connectivity index is 0.000000336. The number of fused-ring (bicyclic) bond motifs is 1. The molecule has 0 aliphatic rings. The van der Waals surface area contributed by atoms with Crippen molar-refractivity contribution >= 4 is 21.7 Å². The second-order valence-corrected chi connectivity index (χ2v) is 2.82.